The molecule has 0 radical (unpaired) electrons. The quantitative estimate of drug-likeness (QED) is 0.592. The number of alkyl halides is 3. The van der Waals surface area contributed by atoms with E-state index in [-0.39, 0.29) is 43.1 Å². The summed E-state index contributed by atoms with van der Waals surface area (Å²) in [6, 6.07) is 1.25. The maximum absolute atomic E-state index is 14.3. The number of nitrogens with zero attached hydrogens (tertiary/aromatic N) is 3. The molecule has 3 amide bonds. The van der Waals surface area contributed by atoms with Gasteiger partial charge in [-0.25, -0.2) is 17.6 Å². The Morgan fingerprint density at radius 3 is 2.26 bits per heavy atom. The van der Waals surface area contributed by atoms with E-state index in [1.165, 1.54) is 0 Å². The largest absolute Gasteiger partial charge is 0.416 e. The number of ether oxygens (including phenoxy) is 1. The second-order valence-electron chi connectivity index (χ2n) is 9.86. The van der Waals surface area contributed by atoms with Crippen LogP contribution in [0.5, 0.6) is 0 Å². The zero-order valence-electron chi connectivity index (χ0n) is 18.6. The van der Waals surface area contributed by atoms with Crippen LogP contribution in [-0.2, 0) is 25.7 Å². The van der Waals surface area contributed by atoms with Crippen molar-refractivity contribution in [3.63, 3.8) is 0 Å². The highest BCUT2D eigenvalue weighted by atomic mass is 32.2. The van der Waals surface area contributed by atoms with Gasteiger partial charge in [0.2, 0.25) is 15.9 Å². The van der Waals surface area contributed by atoms with Crippen LogP contribution in [0.1, 0.15) is 18.4 Å². The molecule has 192 valence electrons. The minimum absolute atomic E-state index is 0.0165. The summed E-state index contributed by atoms with van der Waals surface area (Å²) in [5, 5.41) is 2.87. The molecule has 5 rings (SSSR count). The average molecular weight is 521 g/mol. The summed E-state index contributed by atoms with van der Waals surface area (Å²) < 4.78 is 84.7. The monoisotopic (exact) mass is 520 g/mol. The van der Waals surface area contributed by atoms with Gasteiger partial charge in [-0.2, -0.15) is 17.5 Å². The van der Waals surface area contributed by atoms with Crippen molar-refractivity contribution >= 4 is 22.0 Å². The smallest absolute Gasteiger partial charge is 0.369 e. The lowest BCUT2D eigenvalue weighted by atomic mass is 9.72. The number of amides is 3. The number of likely N-dealkylation sites (tertiary alicyclic amines) is 2. The third kappa shape index (κ3) is 4.25. The van der Waals surface area contributed by atoms with E-state index < -0.39 is 38.0 Å². The van der Waals surface area contributed by atoms with Gasteiger partial charge in [-0.3, -0.25) is 4.79 Å². The Bertz CT molecular complexity index is 1150. The molecule has 9 nitrogen and oxygen atoms in total. The number of carbonyl (C=O) groups excluding carboxylic acids is 2. The van der Waals surface area contributed by atoms with Gasteiger partial charge in [-0.15, -0.1) is 0 Å². The molecule has 4 heterocycles. The number of rotatable bonds is 2. The van der Waals surface area contributed by atoms with Crippen LogP contribution in [0, 0.1) is 11.2 Å². The Hall–Kier alpha value is -2.45. The first-order chi connectivity index (χ1) is 16.3. The molecule has 0 saturated carbocycles. The van der Waals surface area contributed by atoms with Crippen molar-refractivity contribution in [2.24, 2.45) is 5.41 Å². The Kier molecular flexibility index (Phi) is 5.57. The standard InChI is InChI=1S/C21H24F4N4O5S/c22-15-7-14(21(23,24)25)1-2-16(15)35(32,33)29-5-3-19(4-6-29)9-27(10-19)18(31)28-11-20(12-28)13-34-8-17(30)26-20/h1-2,7H,3-6,8-13H2,(H,26,30). The maximum atomic E-state index is 14.3. The van der Waals surface area contributed by atoms with E-state index in [0.29, 0.717) is 57.8 Å². The van der Waals surface area contributed by atoms with E-state index in [2.05, 4.69) is 5.32 Å². The summed E-state index contributed by atoms with van der Waals surface area (Å²) in [6.45, 7) is 2.19. The van der Waals surface area contributed by atoms with Crippen LogP contribution in [0.25, 0.3) is 0 Å². The summed E-state index contributed by atoms with van der Waals surface area (Å²) >= 11 is 0. The van der Waals surface area contributed by atoms with Crippen LogP contribution in [0.2, 0.25) is 0 Å². The first kappa shape index (κ1) is 24.3. The third-order valence-electron chi connectivity index (χ3n) is 7.26. The molecule has 4 fully saturated rings. The van der Waals surface area contributed by atoms with Crippen molar-refractivity contribution in [1.82, 2.24) is 19.4 Å². The van der Waals surface area contributed by atoms with Gasteiger partial charge in [0.25, 0.3) is 0 Å². The molecule has 0 unspecified atom stereocenters. The number of sulfonamides is 1. The molecule has 0 aromatic heterocycles. The van der Waals surface area contributed by atoms with Gasteiger partial charge in [0.05, 0.1) is 17.7 Å². The van der Waals surface area contributed by atoms with Gasteiger partial charge in [-0.1, -0.05) is 0 Å². The van der Waals surface area contributed by atoms with Crippen LogP contribution in [-0.4, -0.2) is 92.5 Å². The summed E-state index contributed by atoms with van der Waals surface area (Å²) in [6.07, 6.45) is -3.87. The van der Waals surface area contributed by atoms with E-state index in [0.717, 1.165) is 4.31 Å². The summed E-state index contributed by atoms with van der Waals surface area (Å²) in [4.78, 5) is 26.8. The molecule has 1 aromatic carbocycles. The fourth-order valence-electron chi connectivity index (χ4n) is 5.34. The zero-order chi connectivity index (χ0) is 25.2. The molecule has 0 aliphatic carbocycles. The molecule has 1 N–H and O–H groups in total. The van der Waals surface area contributed by atoms with Crippen molar-refractivity contribution in [3.05, 3.63) is 29.6 Å². The highest BCUT2D eigenvalue weighted by molar-refractivity contribution is 7.89. The van der Waals surface area contributed by atoms with Crippen molar-refractivity contribution < 1.29 is 40.3 Å². The van der Waals surface area contributed by atoms with Crippen LogP contribution < -0.4 is 5.32 Å². The lowest BCUT2D eigenvalue weighted by Crippen LogP contribution is -2.77. The number of halogens is 4. The minimum Gasteiger partial charge on any atom is -0.369 e. The molecule has 0 bridgehead atoms. The van der Waals surface area contributed by atoms with Crippen molar-refractivity contribution in [3.8, 4) is 0 Å². The number of hydrogen-bond acceptors (Lipinski definition) is 5. The lowest BCUT2D eigenvalue weighted by Gasteiger charge is -2.58. The maximum Gasteiger partial charge on any atom is 0.416 e. The highest BCUT2D eigenvalue weighted by Crippen LogP contribution is 2.43. The second kappa shape index (κ2) is 8.03. The van der Waals surface area contributed by atoms with Crippen LogP contribution >= 0.6 is 0 Å². The van der Waals surface area contributed by atoms with E-state index >= 15 is 0 Å². The number of piperidine rings is 1. The number of carbonyl (C=O) groups is 2. The molecule has 0 atom stereocenters. The van der Waals surface area contributed by atoms with Gasteiger partial charge in [-0.05, 0) is 31.0 Å². The number of hydrogen-bond donors (Lipinski definition) is 1. The second-order valence-corrected chi connectivity index (χ2v) is 11.8. The molecule has 14 heteroatoms. The predicted molar refractivity (Wildman–Crippen MR) is 112 cm³/mol. The topological polar surface area (TPSA) is 99.3 Å². The van der Waals surface area contributed by atoms with Crippen LogP contribution in [0.3, 0.4) is 0 Å². The van der Waals surface area contributed by atoms with E-state index in [1.807, 2.05) is 0 Å². The van der Waals surface area contributed by atoms with Crippen molar-refractivity contribution in [2.75, 3.05) is 52.5 Å². The first-order valence-corrected chi connectivity index (χ1v) is 12.6. The van der Waals surface area contributed by atoms with Crippen molar-refractivity contribution in [1.29, 1.82) is 0 Å². The molecule has 1 aromatic rings. The SMILES string of the molecule is O=C1COCC2(CN(C(=O)N3CC4(CCN(S(=O)(=O)c5ccc(C(F)(F)F)cc5F)CC4)C3)C2)N1. The van der Waals surface area contributed by atoms with Gasteiger partial charge in [0.1, 0.15) is 17.3 Å². The Labute approximate surface area is 199 Å². The summed E-state index contributed by atoms with van der Waals surface area (Å²) in [7, 11) is -4.29. The van der Waals surface area contributed by atoms with Crippen LogP contribution in [0.15, 0.2) is 23.1 Å². The number of morpholine rings is 1. The van der Waals surface area contributed by atoms with E-state index in [9.17, 15) is 35.6 Å². The Morgan fingerprint density at radius 2 is 1.69 bits per heavy atom. The highest BCUT2D eigenvalue weighted by Gasteiger charge is 2.53. The molecule has 4 saturated heterocycles. The molecule has 35 heavy (non-hydrogen) atoms. The molecule has 4 aliphatic rings. The predicted octanol–water partition coefficient (Wildman–Crippen LogP) is 1.25. The summed E-state index contributed by atoms with van der Waals surface area (Å²) in [5.74, 6) is -1.64. The van der Waals surface area contributed by atoms with Gasteiger partial charge < -0.3 is 19.9 Å². The van der Waals surface area contributed by atoms with Crippen molar-refractivity contribution in [2.45, 2.75) is 29.5 Å². The Morgan fingerprint density at radius 1 is 1.06 bits per heavy atom. The number of urea groups is 1. The van der Waals surface area contributed by atoms with Gasteiger partial charge in [0.15, 0.2) is 0 Å². The third-order valence-corrected chi connectivity index (χ3v) is 9.19. The normalized spacial score (nSPS) is 24.2. The average Bonchev–Trinajstić information content (AvgIpc) is 2.74. The number of nitrogens with one attached hydrogen (secondary N) is 1. The minimum atomic E-state index is -4.77. The van der Waals surface area contributed by atoms with E-state index in [1.54, 1.807) is 9.80 Å². The Balaban J connectivity index is 1.15. The molecule has 4 aliphatic heterocycles. The fourth-order valence-corrected chi connectivity index (χ4v) is 6.83. The lowest BCUT2D eigenvalue weighted by molar-refractivity contribution is -0.142. The molecular formula is C21H24F4N4O5S. The van der Waals surface area contributed by atoms with Gasteiger partial charge in [0, 0.05) is 44.7 Å². The van der Waals surface area contributed by atoms with Crippen LogP contribution in [0.4, 0.5) is 22.4 Å². The van der Waals surface area contributed by atoms with Gasteiger partial charge >= 0.3 is 12.2 Å². The molecule has 2 spiro atoms. The fraction of sp³-hybridized carbons (Fsp3) is 0.619. The van der Waals surface area contributed by atoms with E-state index in [4.69, 9.17) is 4.74 Å². The number of benzene rings is 1. The molecular weight excluding hydrogens is 496 g/mol. The first-order valence-electron chi connectivity index (χ1n) is 11.1. The zero-order valence-corrected chi connectivity index (χ0v) is 19.4. The summed E-state index contributed by atoms with van der Waals surface area (Å²) in [5.41, 5.74) is -2.02.